The van der Waals surface area contributed by atoms with Crippen molar-refractivity contribution in [1.82, 2.24) is 0 Å². The van der Waals surface area contributed by atoms with Gasteiger partial charge in [-0.15, -0.1) is 6.58 Å². The van der Waals surface area contributed by atoms with E-state index in [0.29, 0.717) is 0 Å². The number of carbonyl (C=O) groups excluding carboxylic acids is 1. The van der Waals surface area contributed by atoms with Crippen molar-refractivity contribution in [3.8, 4) is 11.5 Å². The maximum absolute atomic E-state index is 11.0. The lowest BCUT2D eigenvalue weighted by molar-refractivity contribution is -0.118. The van der Waals surface area contributed by atoms with Gasteiger partial charge in [0, 0.05) is 5.56 Å². The van der Waals surface area contributed by atoms with Crippen LogP contribution in [-0.4, -0.2) is 16.1 Å². The monoisotopic (exact) mass is 193 g/mol. The molecular weight excluding hydrogens is 182 g/mol. The zero-order valence-corrected chi connectivity index (χ0v) is 7.47. The van der Waals surface area contributed by atoms with Crippen LogP contribution in [0, 0.1) is 0 Å². The number of benzene rings is 1. The summed E-state index contributed by atoms with van der Waals surface area (Å²) in [6.07, 6.45) is 1.32. The van der Waals surface area contributed by atoms with Gasteiger partial charge in [-0.05, 0) is 18.2 Å². The van der Waals surface area contributed by atoms with E-state index in [2.05, 4.69) is 6.58 Å². The van der Waals surface area contributed by atoms with Crippen LogP contribution in [-0.2, 0) is 4.79 Å². The summed E-state index contributed by atoms with van der Waals surface area (Å²) >= 11 is 0. The van der Waals surface area contributed by atoms with E-state index in [-0.39, 0.29) is 17.1 Å². The third-order valence-corrected chi connectivity index (χ3v) is 1.89. The van der Waals surface area contributed by atoms with Crippen LogP contribution < -0.4 is 5.73 Å². The second-order valence-electron chi connectivity index (χ2n) is 2.86. The molecule has 1 aromatic rings. The van der Waals surface area contributed by atoms with Gasteiger partial charge in [-0.3, -0.25) is 4.79 Å². The van der Waals surface area contributed by atoms with Crippen molar-refractivity contribution in [2.24, 2.45) is 5.73 Å². The summed E-state index contributed by atoms with van der Waals surface area (Å²) in [5, 5.41) is 18.6. The van der Waals surface area contributed by atoms with Gasteiger partial charge in [0.15, 0.2) is 0 Å². The molecule has 0 saturated carbocycles. The van der Waals surface area contributed by atoms with E-state index < -0.39 is 11.8 Å². The zero-order valence-electron chi connectivity index (χ0n) is 7.47. The Morgan fingerprint density at radius 1 is 1.50 bits per heavy atom. The molecule has 0 fully saturated rings. The summed E-state index contributed by atoms with van der Waals surface area (Å²) in [5.74, 6) is -1.54. The van der Waals surface area contributed by atoms with Crippen LogP contribution >= 0.6 is 0 Å². The third kappa shape index (κ3) is 1.85. The highest BCUT2D eigenvalue weighted by molar-refractivity contribution is 5.84. The van der Waals surface area contributed by atoms with E-state index in [1.54, 1.807) is 0 Å². The molecule has 1 unspecified atom stereocenters. The number of phenols is 2. The number of aromatic hydroxyl groups is 2. The lowest BCUT2D eigenvalue weighted by atomic mass is 9.97. The summed E-state index contributed by atoms with van der Waals surface area (Å²) < 4.78 is 0. The lowest BCUT2D eigenvalue weighted by Crippen LogP contribution is -2.19. The predicted octanol–water partition coefficient (Wildman–Crippen LogP) is 0.853. The topological polar surface area (TPSA) is 83.6 Å². The average molecular weight is 193 g/mol. The highest BCUT2D eigenvalue weighted by Gasteiger charge is 2.17. The Morgan fingerprint density at radius 2 is 2.14 bits per heavy atom. The summed E-state index contributed by atoms with van der Waals surface area (Å²) in [6.45, 7) is 3.44. The molecule has 0 bridgehead atoms. The van der Waals surface area contributed by atoms with Crippen LogP contribution in [0.15, 0.2) is 30.9 Å². The second kappa shape index (κ2) is 3.83. The fourth-order valence-electron chi connectivity index (χ4n) is 1.19. The van der Waals surface area contributed by atoms with Crippen molar-refractivity contribution in [1.29, 1.82) is 0 Å². The summed E-state index contributed by atoms with van der Waals surface area (Å²) in [5.41, 5.74) is 5.35. The van der Waals surface area contributed by atoms with Crippen molar-refractivity contribution in [2.45, 2.75) is 5.92 Å². The molecule has 1 atom stereocenters. The van der Waals surface area contributed by atoms with Crippen molar-refractivity contribution in [2.75, 3.05) is 0 Å². The molecule has 0 aliphatic rings. The Morgan fingerprint density at radius 3 is 2.64 bits per heavy atom. The standard InChI is InChI=1S/C10H11NO3/c1-2-7(10(11)14)8-5-6(12)3-4-9(8)13/h2-5,7,12-13H,1H2,(H2,11,14). The molecule has 4 heteroatoms. The Hall–Kier alpha value is -1.97. The molecular formula is C10H11NO3. The van der Waals surface area contributed by atoms with Gasteiger partial charge in [-0.1, -0.05) is 6.08 Å². The molecule has 0 aliphatic heterocycles. The van der Waals surface area contributed by atoms with Gasteiger partial charge in [0.1, 0.15) is 11.5 Å². The van der Waals surface area contributed by atoms with Gasteiger partial charge in [0.25, 0.3) is 0 Å². The average Bonchev–Trinajstić information content (AvgIpc) is 2.11. The Kier molecular flexibility index (Phi) is 2.76. The molecule has 0 saturated heterocycles. The first-order valence-electron chi connectivity index (χ1n) is 4.00. The van der Waals surface area contributed by atoms with Crippen LogP contribution in [0.25, 0.3) is 0 Å². The first-order valence-corrected chi connectivity index (χ1v) is 4.00. The van der Waals surface area contributed by atoms with Gasteiger partial charge in [0.2, 0.25) is 5.91 Å². The maximum atomic E-state index is 11.0. The quantitative estimate of drug-likeness (QED) is 0.491. The number of hydrogen-bond donors (Lipinski definition) is 3. The molecule has 1 rings (SSSR count). The highest BCUT2D eigenvalue weighted by Crippen LogP contribution is 2.29. The molecule has 4 nitrogen and oxygen atoms in total. The minimum absolute atomic E-state index is 0.0362. The molecule has 74 valence electrons. The van der Waals surface area contributed by atoms with E-state index in [0.717, 1.165) is 0 Å². The number of rotatable bonds is 3. The fourth-order valence-corrected chi connectivity index (χ4v) is 1.19. The van der Waals surface area contributed by atoms with Crippen LogP contribution in [0.4, 0.5) is 0 Å². The first kappa shape index (κ1) is 10.1. The molecule has 14 heavy (non-hydrogen) atoms. The zero-order chi connectivity index (χ0) is 10.7. The van der Waals surface area contributed by atoms with E-state index in [1.165, 1.54) is 24.3 Å². The lowest BCUT2D eigenvalue weighted by Gasteiger charge is -2.10. The SMILES string of the molecule is C=CC(C(N)=O)c1cc(O)ccc1O. The third-order valence-electron chi connectivity index (χ3n) is 1.89. The largest absolute Gasteiger partial charge is 0.508 e. The Balaban J connectivity index is 3.21. The van der Waals surface area contributed by atoms with E-state index >= 15 is 0 Å². The van der Waals surface area contributed by atoms with E-state index in [1.807, 2.05) is 0 Å². The normalized spacial score (nSPS) is 12.0. The molecule has 0 aromatic heterocycles. The van der Waals surface area contributed by atoms with Crippen molar-refractivity contribution >= 4 is 5.91 Å². The number of carbonyl (C=O) groups is 1. The van der Waals surface area contributed by atoms with Crippen LogP contribution in [0.5, 0.6) is 11.5 Å². The molecule has 1 amide bonds. The van der Waals surface area contributed by atoms with Gasteiger partial charge >= 0.3 is 0 Å². The summed E-state index contributed by atoms with van der Waals surface area (Å²) in [4.78, 5) is 11.0. The van der Waals surface area contributed by atoms with Gasteiger partial charge in [-0.2, -0.15) is 0 Å². The van der Waals surface area contributed by atoms with Crippen LogP contribution in [0.2, 0.25) is 0 Å². The minimum atomic E-state index is -0.790. The number of hydrogen-bond acceptors (Lipinski definition) is 3. The summed E-state index contributed by atoms with van der Waals surface area (Å²) in [7, 11) is 0. The Bertz CT molecular complexity index is 374. The van der Waals surface area contributed by atoms with Crippen molar-refractivity contribution in [3.05, 3.63) is 36.4 Å². The van der Waals surface area contributed by atoms with Crippen LogP contribution in [0.3, 0.4) is 0 Å². The van der Waals surface area contributed by atoms with E-state index in [9.17, 15) is 9.90 Å². The van der Waals surface area contributed by atoms with Gasteiger partial charge < -0.3 is 15.9 Å². The smallest absolute Gasteiger partial charge is 0.228 e. The number of amides is 1. The molecule has 4 N–H and O–H groups in total. The minimum Gasteiger partial charge on any atom is -0.508 e. The van der Waals surface area contributed by atoms with Gasteiger partial charge in [0.05, 0.1) is 5.92 Å². The van der Waals surface area contributed by atoms with Crippen molar-refractivity contribution < 1.29 is 15.0 Å². The fraction of sp³-hybridized carbons (Fsp3) is 0.100. The molecule has 0 spiro atoms. The molecule has 0 heterocycles. The number of primary amides is 1. The second-order valence-corrected chi connectivity index (χ2v) is 2.86. The molecule has 1 aromatic carbocycles. The first-order chi connectivity index (χ1) is 6.56. The molecule has 0 radical (unpaired) electrons. The van der Waals surface area contributed by atoms with E-state index in [4.69, 9.17) is 10.8 Å². The van der Waals surface area contributed by atoms with Crippen LogP contribution in [0.1, 0.15) is 11.5 Å². The maximum Gasteiger partial charge on any atom is 0.228 e. The van der Waals surface area contributed by atoms with Crippen molar-refractivity contribution in [3.63, 3.8) is 0 Å². The molecule has 0 aliphatic carbocycles. The van der Waals surface area contributed by atoms with Gasteiger partial charge in [-0.25, -0.2) is 0 Å². The number of nitrogens with two attached hydrogens (primary N) is 1. The highest BCUT2D eigenvalue weighted by atomic mass is 16.3. The number of phenolic OH excluding ortho intramolecular Hbond substituents is 2. The Labute approximate surface area is 81.3 Å². The summed E-state index contributed by atoms with van der Waals surface area (Å²) in [6, 6.07) is 3.90. The predicted molar refractivity (Wildman–Crippen MR) is 51.9 cm³/mol.